The summed E-state index contributed by atoms with van der Waals surface area (Å²) in [5, 5.41) is 16.7. The number of hydrogen-bond acceptors (Lipinski definition) is 5. The van der Waals surface area contributed by atoms with E-state index in [-0.39, 0.29) is 25.5 Å². The molecule has 1 saturated carbocycles. The quantitative estimate of drug-likeness (QED) is 0.903. The van der Waals surface area contributed by atoms with E-state index in [4.69, 9.17) is 0 Å². The van der Waals surface area contributed by atoms with E-state index in [1.54, 1.807) is 10.7 Å². The Bertz CT molecular complexity index is 716. The van der Waals surface area contributed by atoms with Crippen molar-refractivity contribution < 1.29 is 13.9 Å². The third-order valence-corrected chi connectivity index (χ3v) is 3.88. The second-order valence-corrected chi connectivity index (χ2v) is 5.98. The summed E-state index contributed by atoms with van der Waals surface area (Å²) in [4.78, 5) is 8.61. The summed E-state index contributed by atoms with van der Waals surface area (Å²) in [6.07, 6.45) is 0.0638. The van der Waals surface area contributed by atoms with E-state index in [1.807, 2.05) is 19.9 Å². The number of alkyl halides is 2. The van der Waals surface area contributed by atoms with Crippen LogP contribution >= 0.6 is 0 Å². The summed E-state index contributed by atoms with van der Waals surface area (Å²) < 4.78 is 28.2. The molecule has 1 fully saturated rings. The maximum atomic E-state index is 13.3. The molecule has 2 N–H and O–H groups in total. The molecule has 2 heterocycles. The first-order valence-electron chi connectivity index (χ1n) is 7.53. The highest BCUT2D eigenvalue weighted by atomic mass is 19.3. The number of aryl methyl sites for hydroxylation is 2. The summed E-state index contributed by atoms with van der Waals surface area (Å²) in [7, 11) is 0. The topological polar surface area (TPSA) is 75.9 Å². The smallest absolute Gasteiger partial charge is 0.253 e. The van der Waals surface area contributed by atoms with Crippen molar-refractivity contribution in [2.24, 2.45) is 0 Å². The molecule has 0 amide bonds. The maximum Gasteiger partial charge on any atom is 0.253 e. The van der Waals surface area contributed by atoms with Gasteiger partial charge in [0.1, 0.15) is 5.82 Å². The Labute approximate surface area is 132 Å². The molecule has 0 saturated heterocycles. The van der Waals surface area contributed by atoms with Crippen molar-refractivity contribution in [1.29, 1.82) is 0 Å². The first-order chi connectivity index (χ1) is 10.9. The molecule has 0 spiro atoms. The summed E-state index contributed by atoms with van der Waals surface area (Å²) in [6, 6.07) is 3.13. The molecule has 2 aromatic heterocycles. The molecule has 1 aliphatic carbocycles. The average Bonchev–Trinajstić information content (AvgIpc) is 3.00. The molecule has 2 aromatic rings. The highest BCUT2D eigenvalue weighted by Crippen LogP contribution is 2.36. The molecule has 0 aromatic carbocycles. The van der Waals surface area contributed by atoms with Gasteiger partial charge in [-0.2, -0.15) is 10.1 Å². The van der Waals surface area contributed by atoms with Gasteiger partial charge in [0.2, 0.25) is 5.92 Å². The second-order valence-electron chi connectivity index (χ2n) is 5.98. The van der Waals surface area contributed by atoms with E-state index >= 15 is 0 Å². The Balaban J connectivity index is 1.89. The molecule has 6 nitrogen and oxygen atoms in total. The van der Waals surface area contributed by atoms with Gasteiger partial charge in [0.25, 0.3) is 5.95 Å². The van der Waals surface area contributed by atoms with Gasteiger partial charge < -0.3 is 10.4 Å². The Morgan fingerprint density at radius 3 is 2.70 bits per heavy atom. The number of aliphatic hydroxyl groups excluding tert-OH is 1. The van der Waals surface area contributed by atoms with Gasteiger partial charge in [0.05, 0.1) is 18.0 Å². The molecule has 124 valence electrons. The lowest BCUT2D eigenvalue weighted by atomic mass is 10.2. The molecule has 23 heavy (non-hydrogen) atoms. The van der Waals surface area contributed by atoms with Gasteiger partial charge in [0, 0.05) is 30.6 Å². The van der Waals surface area contributed by atoms with Gasteiger partial charge in [-0.3, -0.25) is 0 Å². The minimum atomic E-state index is -2.62. The Hall–Kier alpha value is -2.09. The fraction of sp³-hybridized carbons (Fsp3) is 0.533. The molecule has 8 heteroatoms. The number of nitrogens with zero attached hydrogens (tertiary/aromatic N) is 4. The standard InChI is InChI=1S/C15H19F2N5O/c1-9-5-10(2)22(21-9)14-19-12(8-23)6-13(20-14)18-11-3-4-15(16,17)7-11/h5-6,11,23H,3-4,7-8H2,1-2H3,(H,18,19,20). The number of aromatic nitrogens is 4. The van der Waals surface area contributed by atoms with Gasteiger partial charge in [-0.15, -0.1) is 0 Å². The van der Waals surface area contributed by atoms with Gasteiger partial charge in [0.15, 0.2) is 0 Å². The zero-order valence-electron chi connectivity index (χ0n) is 13.1. The lowest BCUT2D eigenvalue weighted by molar-refractivity contribution is 0.00852. The zero-order valence-corrected chi connectivity index (χ0v) is 13.1. The van der Waals surface area contributed by atoms with E-state index in [0.29, 0.717) is 23.9 Å². The van der Waals surface area contributed by atoms with Gasteiger partial charge in [-0.1, -0.05) is 0 Å². The number of rotatable bonds is 4. The van der Waals surface area contributed by atoms with Crippen molar-refractivity contribution in [3.8, 4) is 5.95 Å². The van der Waals surface area contributed by atoms with E-state index < -0.39 is 5.92 Å². The fourth-order valence-electron chi connectivity index (χ4n) is 2.85. The maximum absolute atomic E-state index is 13.3. The van der Waals surface area contributed by atoms with Gasteiger partial charge in [-0.05, 0) is 26.3 Å². The van der Waals surface area contributed by atoms with E-state index in [9.17, 15) is 13.9 Å². The van der Waals surface area contributed by atoms with Crippen LogP contribution in [0, 0.1) is 13.8 Å². The van der Waals surface area contributed by atoms with Crippen molar-refractivity contribution in [1.82, 2.24) is 19.7 Å². The Kier molecular flexibility index (Phi) is 4.01. The van der Waals surface area contributed by atoms with E-state index in [0.717, 1.165) is 11.4 Å². The Morgan fingerprint density at radius 1 is 1.35 bits per heavy atom. The lowest BCUT2D eigenvalue weighted by Gasteiger charge is -2.15. The molecule has 0 bridgehead atoms. The molecule has 0 aliphatic heterocycles. The van der Waals surface area contributed by atoms with Crippen molar-refractivity contribution >= 4 is 5.82 Å². The van der Waals surface area contributed by atoms with Crippen LogP contribution in [0.2, 0.25) is 0 Å². The average molecular weight is 323 g/mol. The molecule has 1 unspecified atom stereocenters. The summed E-state index contributed by atoms with van der Waals surface area (Å²) in [5.74, 6) is -1.88. The minimum absolute atomic E-state index is 0.118. The van der Waals surface area contributed by atoms with Crippen LogP contribution in [0.5, 0.6) is 0 Å². The van der Waals surface area contributed by atoms with Crippen molar-refractivity contribution in [3.63, 3.8) is 0 Å². The van der Waals surface area contributed by atoms with E-state index in [2.05, 4.69) is 20.4 Å². The highest BCUT2D eigenvalue weighted by molar-refractivity contribution is 5.40. The second kappa shape index (κ2) is 5.84. The summed E-state index contributed by atoms with van der Waals surface area (Å²) in [6.45, 7) is 3.48. The Morgan fingerprint density at radius 2 is 2.13 bits per heavy atom. The first-order valence-corrected chi connectivity index (χ1v) is 7.53. The van der Waals surface area contributed by atoms with Crippen molar-refractivity contribution in [2.45, 2.75) is 51.7 Å². The summed E-state index contributed by atoms with van der Waals surface area (Å²) >= 11 is 0. The molecule has 3 rings (SSSR count). The molecular weight excluding hydrogens is 304 g/mol. The van der Waals surface area contributed by atoms with Crippen molar-refractivity contribution in [3.05, 3.63) is 29.2 Å². The van der Waals surface area contributed by atoms with Crippen LogP contribution in [0.4, 0.5) is 14.6 Å². The van der Waals surface area contributed by atoms with Crippen molar-refractivity contribution in [2.75, 3.05) is 5.32 Å². The predicted molar refractivity (Wildman–Crippen MR) is 80.8 cm³/mol. The number of nitrogens with one attached hydrogen (secondary N) is 1. The normalized spacial score (nSPS) is 20.0. The monoisotopic (exact) mass is 323 g/mol. The molecule has 1 aliphatic rings. The zero-order chi connectivity index (χ0) is 16.6. The van der Waals surface area contributed by atoms with Crippen LogP contribution in [-0.2, 0) is 6.61 Å². The van der Waals surface area contributed by atoms with E-state index in [1.165, 1.54) is 0 Å². The molecule has 1 atom stereocenters. The van der Waals surface area contributed by atoms with Crippen LogP contribution in [0.1, 0.15) is 36.3 Å². The number of halogens is 2. The SMILES string of the molecule is Cc1cc(C)n(-c2nc(CO)cc(NC3CCC(F)(F)C3)n2)n1. The van der Waals surface area contributed by atoms with Crippen LogP contribution in [-0.4, -0.2) is 36.8 Å². The fourth-order valence-corrected chi connectivity index (χ4v) is 2.85. The van der Waals surface area contributed by atoms with Crippen LogP contribution in [0.15, 0.2) is 12.1 Å². The van der Waals surface area contributed by atoms with Crippen LogP contribution < -0.4 is 5.32 Å². The number of hydrogen-bond donors (Lipinski definition) is 2. The highest BCUT2D eigenvalue weighted by Gasteiger charge is 2.39. The molecule has 0 radical (unpaired) electrons. The van der Waals surface area contributed by atoms with Crippen LogP contribution in [0.25, 0.3) is 5.95 Å². The molecular formula is C15H19F2N5O. The van der Waals surface area contributed by atoms with Crippen LogP contribution in [0.3, 0.4) is 0 Å². The lowest BCUT2D eigenvalue weighted by Crippen LogP contribution is -2.20. The number of anilines is 1. The van der Waals surface area contributed by atoms with Gasteiger partial charge in [-0.25, -0.2) is 18.4 Å². The largest absolute Gasteiger partial charge is 0.390 e. The number of aliphatic hydroxyl groups is 1. The first kappa shape index (κ1) is 15.8. The third-order valence-electron chi connectivity index (χ3n) is 3.88. The summed E-state index contributed by atoms with van der Waals surface area (Å²) in [5.41, 5.74) is 2.09. The minimum Gasteiger partial charge on any atom is -0.390 e. The van der Waals surface area contributed by atoms with Gasteiger partial charge >= 0.3 is 0 Å². The predicted octanol–water partition coefficient (Wildman–Crippen LogP) is 2.37. The third kappa shape index (κ3) is 3.47.